The monoisotopic (exact) mass is 415 g/mol. The summed E-state index contributed by atoms with van der Waals surface area (Å²) < 4.78 is 0. The minimum absolute atomic E-state index is 0.0112. The van der Waals surface area contributed by atoms with Crippen molar-refractivity contribution in [3.05, 3.63) is 72.3 Å². The summed E-state index contributed by atoms with van der Waals surface area (Å²) in [5, 5.41) is 3.34. The Bertz CT molecular complexity index is 1100. The van der Waals surface area contributed by atoms with E-state index < -0.39 is 0 Å². The molecule has 0 saturated heterocycles. The van der Waals surface area contributed by atoms with Crippen molar-refractivity contribution in [1.29, 1.82) is 0 Å². The normalized spacial score (nSPS) is 26.3. The van der Waals surface area contributed by atoms with Crippen LogP contribution in [0.3, 0.4) is 0 Å². The van der Waals surface area contributed by atoms with E-state index in [1.165, 1.54) is 4.90 Å². The highest BCUT2D eigenvalue weighted by Crippen LogP contribution is 2.51. The minimum atomic E-state index is -0.239. The number of aliphatic imine (C=N–C) groups is 1. The summed E-state index contributed by atoms with van der Waals surface area (Å²) >= 11 is 1.77. The molecular formula is C25H25N3OS. The summed E-state index contributed by atoms with van der Waals surface area (Å²) in [5.74, 6) is 1.28. The molecule has 4 aliphatic rings. The van der Waals surface area contributed by atoms with Crippen molar-refractivity contribution in [2.45, 2.75) is 37.1 Å². The highest BCUT2D eigenvalue weighted by Gasteiger charge is 2.54. The highest BCUT2D eigenvalue weighted by atomic mass is 32.2. The molecule has 152 valence electrons. The maximum Gasteiger partial charge on any atom is 0.278 e. The molecule has 6 rings (SSSR count). The Morgan fingerprint density at radius 1 is 1.17 bits per heavy atom. The van der Waals surface area contributed by atoms with Gasteiger partial charge in [0.2, 0.25) is 0 Å². The van der Waals surface area contributed by atoms with Crippen LogP contribution in [0, 0.1) is 5.92 Å². The van der Waals surface area contributed by atoms with Crippen LogP contribution in [0.15, 0.2) is 76.7 Å². The van der Waals surface area contributed by atoms with Crippen molar-refractivity contribution in [1.82, 2.24) is 0 Å². The number of hydrogen-bond acceptors (Lipinski definition) is 4. The van der Waals surface area contributed by atoms with Gasteiger partial charge in [-0.15, -0.1) is 11.8 Å². The van der Waals surface area contributed by atoms with Crippen molar-refractivity contribution in [3.63, 3.8) is 0 Å². The number of carbonyl (C=O) groups is 1. The Kier molecular flexibility index (Phi) is 4.78. The molecule has 2 aromatic carbocycles. The fourth-order valence-electron chi connectivity index (χ4n) is 4.74. The number of benzene rings is 2. The molecule has 2 heterocycles. The van der Waals surface area contributed by atoms with E-state index in [9.17, 15) is 4.79 Å². The molecule has 1 amide bonds. The molecule has 0 bridgehead atoms. The van der Waals surface area contributed by atoms with Gasteiger partial charge in [0.25, 0.3) is 5.91 Å². The maximum atomic E-state index is 13.6. The molecule has 2 aliphatic heterocycles. The molecule has 2 unspecified atom stereocenters. The first kappa shape index (κ1) is 19.2. The van der Waals surface area contributed by atoms with E-state index in [1.807, 2.05) is 49.1 Å². The number of amides is 1. The van der Waals surface area contributed by atoms with Gasteiger partial charge in [0.1, 0.15) is 5.71 Å². The molecule has 2 aromatic rings. The van der Waals surface area contributed by atoms with Gasteiger partial charge in [0, 0.05) is 22.1 Å². The molecular weight excluding hydrogens is 390 g/mol. The standard InChI is InChI=1S/C23H19N3OS.C2H6/c27-22-21(25-16-8-9-18-20(13-16)28-14-24-18)17-6-1-2-7-19(17)26(22)23-11-4-3-5-15(23)10-12-23;1-2/h1-9,11,13,15,24H,10,12,14H2;1-2H3. The molecule has 1 saturated carbocycles. The third kappa shape index (κ3) is 2.76. The quantitative estimate of drug-likeness (QED) is 0.661. The topological polar surface area (TPSA) is 44.7 Å². The van der Waals surface area contributed by atoms with E-state index in [0.29, 0.717) is 11.6 Å². The number of hydrogen-bond donors (Lipinski definition) is 1. The third-order valence-electron chi connectivity index (χ3n) is 6.26. The van der Waals surface area contributed by atoms with Crippen LogP contribution in [0.2, 0.25) is 0 Å². The number of para-hydroxylation sites is 1. The molecule has 1 N–H and O–H groups in total. The number of carbonyl (C=O) groups excluding carboxylic acids is 1. The SMILES string of the molecule is CC.O=C1C(=Nc2ccc3c(c2)SCN3)c2ccccc2N1C12C=CC=CC1CC2. The molecule has 2 aliphatic carbocycles. The lowest BCUT2D eigenvalue weighted by Gasteiger charge is -2.53. The van der Waals surface area contributed by atoms with Crippen LogP contribution in [-0.2, 0) is 4.79 Å². The Balaban J connectivity index is 0.000000937. The lowest BCUT2D eigenvalue weighted by molar-refractivity contribution is -0.114. The van der Waals surface area contributed by atoms with E-state index in [-0.39, 0.29) is 11.4 Å². The van der Waals surface area contributed by atoms with Crippen LogP contribution in [0.1, 0.15) is 32.3 Å². The summed E-state index contributed by atoms with van der Waals surface area (Å²) in [4.78, 5) is 21.6. The van der Waals surface area contributed by atoms with Crippen molar-refractivity contribution in [3.8, 4) is 0 Å². The number of allylic oxidation sites excluding steroid dienone is 2. The number of thioether (sulfide) groups is 1. The van der Waals surface area contributed by atoms with Crippen LogP contribution < -0.4 is 10.2 Å². The molecule has 4 nitrogen and oxygen atoms in total. The zero-order chi connectivity index (χ0) is 20.7. The molecule has 0 spiro atoms. The molecule has 2 atom stereocenters. The average Bonchev–Trinajstić information content (AvgIpc) is 3.34. The summed E-state index contributed by atoms with van der Waals surface area (Å²) in [7, 11) is 0. The molecule has 30 heavy (non-hydrogen) atoms. The first-order valence-corrected chi connectivity index (χ1v) is 11.6. The van der Waals surface area contributed by atoms with E-state index in [1.54, 1.807) is 11.8 Å². The average molecular weight is 416 g/mol. The van der Waals surface area contributed by atoms with Gasteiger partial charge in [0.05, 0.1) is 22.8 Å². The smallest absolute Gasteiger partial charge is 0.278 e. The highest BCUT2D eigenvalue weighted by molar-refractivity contribution is 7.99. The molecule has 1 fully saturated rings. The largest absolute Gasteiger partial charge is 0.375 e. The van der Waals surface area contributed by atoms with E-state index in [4.69, 9.17) is 4.99 Å². The third-order valence-corrected chi connectivity index (χ3v) is 7.19. The van der Waals surface area contributed by atoms with Gasteiger partial charge in [-0.3, -0.25) is 9.69 Å². The van der Waals surface area contributed by atoms with E-state index in [2.05, 4.69) is 41.8 Å². The second-order valence-electron chi connectivity index (χ2n) is 7.64. The Morgan fingerprint density at radius 2 is 2.03 bits per heavy atom. The summed E-state index contributed by atoms with van der Waals surface area (Å²) in [6.45, 7) is 4.00. The molecule has 0 aromatic heterocycles. The minimum Gasteiger partial charge on any atom is -0.375 e. The second kappa shape index (κ2) is 7.47. The van der Waals surface area contributed by atoms with Crippen LogP contribution in [0.4, 0.5) is 17.1 Å². The van der Waals surface area contributed by atoms with E-state index in [0.717, 1.165) is 41.3 Å². The number of rotatable bonds is 2. The van der Waals surface area contributed by atoms with Crippen molar-refractivity contribution in [2.24, 2.45) is 10.9 Å². The van der Waals surface area contributed by atoms with Crippen molar-refractivity contribution < 1.29 is 4.79 Å². The number of nitrogens with one attached hydrogen (secondary N) is 1. The summed E-state index contributed by atoms with van der Waals surface area (Å²) in [6, 6.07) is 14.2. The Morgan fingerprint density at radius 3 is 2.83 bits per heavy atom. The lowest BCUT2D eigenvalue weighted by atomic mass is 9.63. The molecule has 5 heteroatoms. The summed E-state index contributed by atoms with van der Waals surface area (Å²) in [5.41, 5.74) is 4.20. The first-order valence-electron chi connectivity index (χ1n) is 10.7. The van der Waals surface area contributed by atoms with Gasteiger partial charge in [0.15, 0.2) is 0 Å². The Labute approximate surface area is 181 Å². The number of nitrogens with zero attached hydrogens (tertiary/aromatic N) is 2. The molecule has 0 radical (unpaired) electrons. The van der Waals surface area contributed by atoms with Gasteiger partial charge < -0.3 is 5.32 Å². The van der Waals surface area contributed by atoms with Gasteiger partial charge in [-0.05, 0) is 37.1 Å². The predicted octanol–water partition coefficient (Wildman–Crippen LogP) is 5.93. The zero-order valence-electron chi connectivity index (χ0n) is 17.3. The predicted molar refractivity (Wildman–Crippen MR) is 126 cm³/mol. The van der Waals surface area contributed by atoms with Gasteiger partial charge in [-0.25, -0.2) is 4.99 Å². The number of anilines is 2. The first-order chi connectivity index (χ1) is 14.8. The van der Waals surface area contributed by atoms with Gasteiger partial charge >= 0.3 is 0 Å². The number of fused-ring (bicyclic) bond motifs is 3. The van der Waals surface area contributed by atoms with Crippen molar-refractivity contribution >= 4 is 40.4 Å². The fourth-order valence-corrected chi connectivity index (χ4v) is 5.62. The fraction of sp³-hybridized carbons (Fsp3) is 0.280. The van der Waals surface area contributed by atoms with E-state index >= 15 is 0 Å². The van der Waals surface area contributed by atoms with Crippen molar-refractivity contribution in [2.75, 3.05) is 16.1 Å². The van der Waals surface area contributed by atoms with Crippen LogP contribution in [0.25, 0.3) is 0 Å². The lowest BCUT2D eigenvalue weighted by Crippen LogP contribution is -2.60. The Hall–Kier alpha value is -2.79. The second-order valence-corrected chi connectivity index (χ2v) is 8.66. The van der Waals surface area contributed by atoms with Crippen LogP contribution in [-0.4, -0.2) is 23.0 Å². The maximum absolute atomic E-state index is 13.6. The summed E-state index contributed by atoms with van der Waals surface area (Å²) in [6.07, 6.45) is 10.7. The van der Waals surface area contributed by atoms with Crippen LogP contribution >= 0.6 is 11.8 Å². The van der Waals surface area contributed by atoms with Gasteiger partial charge in [-0.1, -0.05) is 56.4 Å². The van der Waals surface area contributed by atoms with Gasteiger partial charge in [-0.2, -0.15) is 0 Å². The zero-order valence-corrected chi connectivity index (χ0v) is 18.1. The van der Waals surface area contributed by atoms with Crippen LogP contribution in [0.5, 0.6) is 0 Å².